The van der Waals surface area contributed by atoms with Gasteiger partial charge in [0.25, 0.3) is 0 Å². The first kappa shape index (κ1) is 15.7. The average Bonchev–Trinajstić information content (AvgIpc) is 1.00. The van der Waals surface area contributed by atoms with Gasteiger partial charge in [-0.15, -0.1) is 0 Å². The largest absolute Gasteiger partial charge is 1.00 e. The van der Waals surface area contributed by atoms with E-state index >= 15 is 0 Å². The Morgan fingerprint density at radius 1 is 1.00 bits per heavy atom. The Morgan fingerprint density at radius 2 is 1.00 bits per heavy atom. The molecule has 4 heavy (non-hydrogen) atoms. The normalized spacial score (nSPS) is 1.50. The fourth-order valence-corrected chi connectivity index (χ4v) is 0. The van der Waals surface area contributed by atoms with Crippen LogP contribution in [0.5, 0.6) is 0 Å². The molecule has 0 aliphatic carbocycles. The summed E-state index contributed by atoms with van der Waals surface area (Å²) >= 11 is 0. The van der Waals surface area contributed by atoms with E-state index in [-0.39, 0.29) is 138 Å². The van der Waals surface area contributed by atoms with Crippen LogP contribution < -0.4 is 138 Å². The van der Waals surface area contributed by atoms with Gasteiger partial charge in [-0.1, -0.05) is 0 Å². The first-order chi connectivity index (χ1) is 1.00. The zero-order chi connectivity index (χ0) is 2.00. The Labute approximate surface area is 144 Å². The van der Waals surface area contributed by atoms with Gasteiger partial charge >= 0.3 is 138 Å². The number of halogens is 1. The molecule has 0 nitrogen and oxygen atoms in total. The van der Waals surface area contributed by atoms with Crippen LogP contribution in [0.2, 0.25) is 0 Å². The molecule has 0 heterocycles. The van der Waals surface area contributed by atoms with Gasteiger partial charge < -0.3 is 4.39 Å². The minimum Gasteiger partial charge on any atom is -0.463 e. The summed E-state index contributed by atoms with van der Waals surface area (Å²) in [6, 6.07) is 0. The van der Waals surface area contributed by atoms with Crippen LogP contribution in [0.25, 0.3) is 0 Å². The summed E-state index contributed by atoms with van der Waals surface area (Å²) in [5, 5.41) is 0. The van der Waals surface area contributed by atoms with Crippen molar-refractivity contribution in [1.29, 1.82) is 0 Å². The van der Waals surface area contributed by atoms with E-state index in [2.05, 4.69) is 0 Å². The molecule has 0 aromatic rings. The van der Waals surface area contributed by atoms with Gasteiger partial charge in [-0.25, -0.2) is 0 Å². The third kappa shape index (κ3) is 9.40. The second-order valence-corrected chi connectivity index (χ2v) is 0. The summed E-state index contributed by atoms with van der Waals surface area (Å²) in [5.74, 6) is 0. The number of hydrogen-bond acceptors (Lipinski definition) is 0. The molecule has 0 saturated heterocycles. The van der Waals surface area contributed by atoms with Gasteiger partial charge in [0.1, 0.15) is 0 Å². The zero-order valence-electron chi connectivity index (χ0n) is 3.09. The Kier molecular flexibility index (Phi) is 61.7. The molecule has 0 aliphatic heterocycles. The Hall–Kier alpha value is 4.03. The maximum Gasteiger partial charge on any atom is 1.00 e. The molecule has 0 amide bonds. The second-order valence-electron chi connectivity index (χ2n) is 0. The fourth-order valence-electron chi connectivity index (χ4n) is 0. The van der Waals surface area contributed by atoms with E-state index in [1.54, 1.807) is 7.18 Å². The maximum absolute atomic E-state index is 9.25. The number of rotatable bonds is 0. The van der Waals surface area contributed by atoms with Crippen molar-refractivity contribution in [2.45, 2.75) is 0 Å². The van der Waals surface area contributed by atoms with Gasteiger partial charge in [-0.3, -0.25) is 0 Å². The fraction of sp³-hybridized carbons (Fsp3) is 0. The molecule has 0 fully saturated rings. The molecule has 0 spiro atoms. The zero-order valence-corrected chi connectivity index (χ0v) is 15.6. The summed E-state index contributed by atoms with van der Waals surface area (Å²) in [4.78, 5) is 0. The topological polar surface area (TPSA) is 0 Å². The van der Waals surface area contributed by atoms with Crippen molar-refractivity contribution >= 4 is 0 Å². The van der Waals surface area contributed by atoms with Crippen molar-refractivity contribution in [3.8, 4) is 0 Å². The number of hydrogen-bond donors (Lipinski definition) is 0. The minimum absolute atomic E-state index is 0. The van der Waals surface area contributed by atoms with Gasteiger partial charge in [0.15, 0.2) is 0 Å². The van der Waals surface area contributed by atoms with Crippen molar-refractivity contribution in [2.24, 2.45) is 0 Å². The van der Waals surface area contributed by atoms with E-state index in [0.29, 0.717) is 0 Å². The van der Waals surface area contributed by atoms with Crippen molar-refractivity contribution in [3.63, 3.8) is 0 Å². The minimum atomic E-state index is 0. The third-order valence-electron chi connectivity index (χ3n) is 0. The Bertz CT molecular complexity index is 6.00. The van der Waals surface area contributed by atoms with E-state index < -0.39 is 0 Å². The van der Waals surface area contributed by atoms with Gasteiger partial charge in [0.2, 0.25) is 0 Å². The van der Waals surface area contributed by atoms with E-state index in [9.17, 15) is 4.39 Å². The molecule has 0 rings (SSSR count). The summed E-state index contributed by atoms with van der Waals surface area (Å²) in [5.41, 5.74) is 0. The SMILES string of the molecule is [CH2-]F.[Cs+].[Cs+]. The average molecular weight is 299 g/mol. The molecule has 0 aromatic carbocycles. The standard InChI is InChI=1S/CH2F.2Cs/c1-2;;/h1H2;;/q-1;2*+1. The van der Waals surface area contributed by atoms with Crippen molar-refractivity contribution < 1.29 is 142 Å². The quantitative estimate of drug-likeness (QED) is 0.392. The maximum atomic E-state index is 9.25. The molecule has 0 N–H and O–H groups in total. The molecular weight excluding hydrogens is 297 g/mol. The molecule has 0 saturated carbocycles. The van der Waals surface area contributed by atoms with Crippen LogP contribution in [0.15, 0.2) is 0 Å². The van der Waals surface area contributed by atoms with Crippen LogP contribution in [0.3, 0.4) is 0 Å². The molecule has 0 unspecified atom stereocenters. The van der Waals surface area contributed by atoms with Crippen LogP contribution in [0.1, 0.15) is 0 Å². The van der Waals surface area contributed by atoms with Crippen LogP contribution in [0.4, 0.5) is 4.39 Å². The van der Waals surface area contributed by atoms with Crippen molar-refractivity contribution in [2.75, 3.05) is 0 Å². The summed E-state index contributed by atoms with van der Waals surface area (Å²) in [7, 11) is 1.75. The van der Waals surface area contributed by atoms with E-state index in [4.69, 9.17) is 0 Å². The predicted octanol–water partition coefficient (Wildman–Crippen LogP) is -5.24. The monoisotopic (exact) mass is 299 g/mol. The Balaban J connectivity index is -0.00000000500. The van der Waals surface area contributed by atoms with Crippen LogP contribution in [0, 0.1) is 7.18 Å². The molecule has 0 atom stereocenters. The van der Waals surface area contributed by atoms with E-state index in [1.807, 2.05) is 0 Å². The van der Waals surface area contributed by atoms with E-state index in [0.717, 1.165) is 0 Å². The molecule has 14 valence electrons. The molecular formula is CH2Cs2F+. The summed E-state index contributed by atoms with van der Waals surface area (Å²) in [6.07, 6.45) is 0. The molecule has 0 aromatic heterocycles. The van der Waals surface area contributed by atoms with Crippen LogP contribution in [-0.2, 0) is 0 Å². The second kappa shape index (κ2) is 15.7. The third-order valence-corrected chi connectivity index (χ3v) is 0. The Morgan fingerprint density at radius 3 is 1.00 bits per heavy atom. The molecule has 0 radical (unpaired) electrons. The van der Waals surface area contributed by atoms with E-state index in [1.165, 1.54) is 0 Å². The van der Waals surface area contributed by atoms with Gasteiger partial charge in [0.05, 0.1) is 0 Å². The first-order valence-electron chi connectivity index (χ1n) is 0.267. The van der Waals surface area contributed by atoms with Crippen LogP contribution >= 0.6 is 0 Å². The molecule has 3 heteroatoms. The smallest absolute Gasteiger partial charge is 0.463 e. The van der Waals surface area contributed by atoms with Gasteiger partial charge in [-0.05, 0) is 0 Å². The van der Waals surface area contributed by atoms with Crippen LogP contribution in [-0.4, -0.2) is 0 Å². The van der Waals surface area contributed by atoms with Crippen molar-refractivity contribution in [1.82, 2.24) is 0 Å². The van der Waals surface area contributed by atoms with Crippen molar-refractivity contribution in [3.05, 3.63) is 7.18 Å². The summed E-state index contributed by atoms with van der Waals surface area (Å²) in [6.45, 7) is 0. The molecule has 0 bridgehead atoms. The van der Waals surface area contributed by atoms with Gasteiger partial charge in [-0.2, -0.15) is 7.18 Å². The molecule has 0 aliphatic rings. The first-order valence-corrected chi connectivity index (χ1v) is 0.267. The summed E-state index contributed by atoms with van der Waals surface area (Å²) < 4.78 is 9.25. The van der Waals surface area contributed by atoms with Gasteiger partial charge in [0, 0.05) is 0 Å². The predicted molar refractivity (Wildman–Crippen MR) is 6.46 cm³/mol.